The van der Waals surface area contributed by atoms with E-state index >= 15 is 0 Å². The number of rotatable bonds is 4. The van der Waals surface area contributed by atoms with Gasteiger partial charge in [-0.2, -0.15) is 5.26 Å². The lowest BCUT2D eigenvalue weighted by molar-refractivity contribution is -0.115. The topological polar surface area (TPSA) is 74.5 Å². The molecule has 2 aromatic rings. The number of benzene rings is 2. The van der Waals surface area contributed by atoms with E-state index in [-0.39, 0.29) is 12.5 Å². The number of carbonyl (C=O) groups excluding carboxylic acids is 1. The van der Waals surface area contributed by atoms with E-state index in [1.54, 1.807) is 12.1 Å². The summed E-state index contributed by atoms with van der Waals surface area (Å²) in [6, 6.07) is 17.0. The molecule has 0 saturated carbocycles. The molecule has 0 bridgehead atoms. The fourth-order valence-electron chi connectivity index (χ4n) is 2.26. The van der Waals surface area contributed by atoms with E-state index < -0.39 is 0 Å². The second kappa shape index (κ2) is 7.69. The van der Waals surface area contributed by atoms with Crippen LogP contribution in [0.2, 0.25) is 0 Å². The molecular weight excluding hydrogens is 334 g/mol. The Labute approximate surface area is 150 Å². The zero-order valence-electron chi connectivity index (χ0n) is 13.5. The Morgan fingerprint density at radius 1 is 1.24 bits per heavy atom. The molecule has 0 aliphatic carbocycles. The first-order valence-electron chi connectivity index (χ1n) is 7.61. The molecule has 0 radical (unpaired) electrons. The molecule has 1 aliphatic rings. The summed E-state index contributed by atoms with van der Waals surface area (Å²) in [5.41, 5.74) is 2.61. The summed E-state index contributed by atoms with van der Waals surface area (Å²) in [5.74, 6) is 0.363. The Balaban J connectivity index is 1.85. The van der Waals surface area contributed by atoms with Crippen LogP contribution in [0, 0.1) is 18.3 Å². The lowest BCUT2D eigenvalue weighted by atomic mass is 10.2. The van der Waals surface area contributed by atoms with Crippen LogP contribution in [0.15, 0.2) is 58.4 Å². The van der Waals surface area contributed by atoms with Gasteiger partial charge in [-0.1, -0.05) is 36.4 Å². The van der Waals surface area contributed by atoms with Crippen molar-refractivity contribution in [2.45, 2.75) is 6.92 Å². The Hall–Kier alpha value is -3.04. The summed E-state index contributed by atoms with van der Waals surface area (Å²) in [6.45, 7) is 1.93. The van der Waals surface area contributed by atoms with E-state index in [4.69, 9.17) is 10.00 Å². The highest BCUT2D eigenvalue weighted by molar-refractivity contribution is 8.18. The molecule has 124 valence electrons. The molecule has 1 amide bonds. The highest BCUT2D eigenvalue weighted by Gasteiger charge is 2.24. The van der Waals surface area contributed by atoms with Gasteiger partial charge in [0.05, 0.1) is 10.6 Å². The number of carbonyl (C=O) groups is 1. The van der Waals surface area contributed by atoms with Crippen molar-refractivity contribution in [1.29, 1.82) is 5.26 Å². The van der Waals surface area contributed by atoms with Crippen molar-refractivity contribution in [1.82, 2.24) is 5.32 Å². The van der Waals surface area contributed by atoms with Crippen molar-refractivity contribution in [3.8, 4) is 11.8 Å². The molecule has 2 aromatic carbocycles. The van der Waals surface area contributed by atoms with Crippen molar-refractivity contribution in [3.63, 3.8) is 0 Å². The first-order valence-corrected chi connectivity index (χ1v) is 8.43. The van der Waals surface area contributed by atoms with Crippen LogP contribution in [0.3, 0.4) is 0 Å². The minimum atomic E-state index is -0.201. The molecule has 1 saturated heterocycles. The molecule has 0 atom stereocenters. The van der Waals surface area contributed by atoms with E-state index in [1.807, 2.05) is 55.5 Å². The molecule has 1 fully saturated rings. The van der Waals surface area contributed by atoms with Crippen molar-refractivity contribution >= 4 is 34.6 Å². The smallest absolute Gasteiger partial charge is 0.264 e. The second-order valence-corrected chi connectivity index (χ2v) is 6.28. The second-order valence-electron chi connectivity index (χ2n) is 5.25. The summed E-state index contributed by atoms with van der Waals surface area (Å²) < 4.78 is 5.39. The Morgan fingerprint density at radius 3 is 2.80 bits per heavy atom. The van der Waals surface area contributed by atoms with Gasteiger partial charge >= 0.3 is 0 Å². The molecule has 3 rings (SSSR count). The lowest BCUT2D eigenvalue weighted by Crippen LogP contribution is -2.19. The minimum absolute atomic E-state index is 0.0421. The number of amidine groups is 1. The normalized spacial score (nSPS) is 16.7. The van der Waals surface area contributed by atoms with E-state index in [0.717, 1.165) is 16.8 Å². The quantitative estimate of drug-likeness (QED) is 0.852. The maximum atomic E-state index is 12.2. The monoisotopic (exact) mass is 349 g/mol. The summed E-state index contributed by atoms with van der Waals surface area (Å²) in [7, 11) is 0. The average molecular weight is 349 g/mol. The van der Waals surface area contributed by atoms with Gasteiger partial charge in [0, 0.05) is 5.56 Å². The van der Waals surface area contributed by atoms with Crippen molar-refractivity contribution in [3.05, 3.63) is 64.6 Å². The number of amides is 1. The van der Waals surface area contributed by atoms with Crippen LogP contribution in [-0.4, -0.2) is 17.7 Å². The third-order valence-electron chi connectivity index (χ3n) is 3.49. The third kappa shape index (κ3) is 4.08. The van der Waals surface area contributed by atoms with Crippen LogP contribution in [0.25, 0.3) is 6.08 Å². The maximum absolute atomic E-state index is 12.2. The van der Waals surface area contributed by atoms with Gasteiger partial charge in [-0.3, -0.25) is 4.79 Å². The van der Waals surface area contributed by atoms with Crippen LogP contribution in [-0.2, 0) is 4.79 Å². The number of para-hydroxylation sites is 2. The predicted octanol–water partition coefficient (Wildman–Crippen LogP) is 3.79. The molecular formula is C19H15N3O2S. The summed E-state index contributed by atoms with van der Waals surface area (Å²) in [6.07, 6.45) is 1.74. The molecule has 0 unspecified atom stereocenters. The zero-order chi connectivity index (χ0) is 17.6. The number of nitriles is 1. The first-order chi connectivity index (χ1) is 12.2. The third-order valence-corrected chi connectivity index (χ3v) is 4.40. The number of nitrogens with zero attached hydrogens (tertiary/aromatic N) is 2. The van der Waals surface area contributed by atoms with E-state index in [1.165, 1.54) is 11.8 Å². The van der Waals surface area contributed by atoms with E-state index in [0.29, 0.717) is 15.8 Å². The number of hydrogen-bond donors (Lipinski definition) is 1. The first kappa shape index (κ1) is 16.8. The summed E-state index contributed by atoms with van der Waals surface area (Å²) in [4.78, 5) is 17.2. The molecule has 25 heavy (non-hydrogen) atoms. The number of nitrogens with one attached hydrogen (secondary N) is 1. The Bertz CT molecular complexity index is 913. The Morgan fingerprint density at radius 2 is 2.00 bits per heavy atom. The summed E-state index contributed by atoms with van der Waals surface area (Å²) >= 11 is 1.28. The van der Waals surface area contributed by atoms with Gasteiger partial charge in [-0.15, -0.1) is 0 Å². The standard InChI is InChI=1S/C19H15N3O2S/c1-13-6-2-4-8-15(13)21-19-22-18(23)17(25-19)12-14-7-3-5-9-16(14)24-11-10-20/h2-9,12H,11H2,1H3,(H,21,22,23)/b17-12+. The van der Waals surface area contributed by atoms with Gasteiger partial charge in [-0.05, 0) is 42.5 Å². The summed E-state index contributed by atoms with van der Waals surface area (Å²) in [5, 5.41) is 12.0. The van der Waals surface area contributed by atoms with Gasteiger partial charge in [-0.25, -0.2) is 4.99 Å². The van der Waals surface area contributed by atoms with Crippen LogP contribution in [0.1, 0.15) is 11.1 Å². The highest BCUT2D eigenvalue weighted by atomic mass is 32.2. The van der Waals surface area contributed by atoms with Gasteiger partial charge in [0.2, 0.25) is 0 Å². The predicted molar refractivity (Wildman–Crippen MR) is 99.5 cm³/mol. The van der Waals surface area contributed by atoms with Gasteiger partial charge in [0.1, 0.15) is 11.8 Å². The van der Waals surface area contributed by atoms with Crippen molar-refractivity contribution in [2.75, 3.05) is 6.61 Å². The largest absolute Gasteiger partial charge is 0.478 e. The van der Waals surface area contributed by atoms with Crippen LogP contribution in [0.5, 0.6) is 5.75 Å². The number of aliphatic imine (C=N–C) groups is 1. The van der Waals surface area contributed by atoms with Crippen LogP contribution >= 0.6 is 11.8 Å². The van der Waals surface area contributed by atoms with E-state index in [2.05, 4.69) is 10.3 Å². The molecule has 1 aliphatic heterocycles. The highest BCUT2D eigenvalue weighted by Crippen LogP contribution is 2.31. The molecule has 5 nitrogen and oxygen atoms in total. The number of ether oxygens (including phenoxy) is 1. The Kier molecular flexibility index (Phi) is 5.17. The molecule has 0 spiro atoms. The number of thioether (sulfide) groups is 1. The fourth-order valence-corrected chi connectivity index (χ4v) is 3.09. The van der Waals surface area contributed by atoms with Gasteiger partial charge in [0.25, 0.3) is 5.91 Å². The van der Waals surface area contributed by atoms with Crippen molar-refractivity contribution < 1.29 is 9.53 Å². The fraction of sp³-hybridized carbons (Fsp3) is 0.105. The molecule has 1 N–H and O–H groups in total. The lowest BCUT2D eigenvalue weighted by Gasteiger charge is -2.05. The molecule has 6 heteroatoms. The minimum Gasteiger partial charge on any atom is -0.478 e. The molecule has 1 heterocycles. The average Bonchev–Trinajstić information content (AvgIpc) is 2.95. The van der Waals surface area contributed by atoms with Gasteiger partial charge < -0.3 is 10.1 Å². The maximum Gasteiger partial charge on any atom is 0.264 e. The van der Waals surface area contributed by atoms with E-state index in [9.17, 15) is 4.79 Å². The van der Waals surface area contributed by atoms with Crippen molar-refractivity contribution in [2.24, 2.45) is 4.99 Å². The molecule has 0 aromatic heterocycles. The van der Waals surface area contributed by atoms with Crippen LogP contribution in [0.4, 0.5) is 5.69 Å². The zero-order valence-corrected chi connectivity index (χ0v) is 14.3. The van der Waals surface area contributed by atoms with Gasteiger partial charge in [0.15, 0.2) is 11.8 Å². The number of aryl methyl sites for hydroxylation is 1. The van der Waals surface area contributed by atoms with Crippen LogP contribution < -0.4 is 10.1 Å². The number of hydrogen-bond acceptors (Lipinski definition) is 5. The SMILES string of the molecule is Cc1ccccc1N=C1NC(=O)/C(=C\c2ccccc2OCC#N)S1.